The van der Waals surface area contributed by atoms with E-state index in [1.54, 1.807) is 18.7 Å². The first-order valence-electron chi connectivity index (χ1n) is 4.94. The summed E-state index contributed by atoms with van der Waals surface area (Å²) in [6.07, 6.45) is 3.68. The molecule has 2 unspecified atom stereocenters. The molecule has 0 saturated heterocycles. The molecule has 0 spiro atoms. The molecule has 3 heteroatoms. The van der Waals surface area contributed by atoms with Crippen molar-refractivity contribution in [2.24, 2.45) is 5.92 Å². The molecule has 0 radical (unpaired) electrons. The van der Waals surface area contributed by atoms with E-state index in [9.17, 15) is 4.79 Å². The maximum absolute atomic E-state index is 10.6. The van der Waals surface area contributed by atoms with Crippen molar-refractivity contribution in [1.29, 1.82) is 0 Å². The van der Waals surface area contributed by atoms with Crippen molar-refractivity contribution in [3.63, 3.8) is 0 Å². The minimum absolute atomic E-state index is 0.230. The zero-order chi connectivity index (χ0) is 10.3. The van der Waals surface area contributed by atoms with Crippen LogP contribution in [0.15, 0.2) is 0 Å². The van der Waals surface area contributed by atoms with Gasteiger partial charge in [-0.25, -0.2) is 0 Å². The Morgan fingerprint density at radius 3 is 2.46 bits per heavy atom. The normalized spacial score (nSPS) is 15.3. The maximum atomic E-state index is 10.6. The van der Waals surface area contributed by atoms with Gasteiger partial charge in [-0.3, -0.25) is 4.79 Å². The third-order valence-electron chi connectivity index (χ3n) is 2.22. The summed E-state index contributed by atoms with van der Waals surface area (Å²) in [7, 11) is 0. The Morgan fingerprint density at radius 1 is 1.38 bits per heavy atom. The van der Waals surface area contributed by atoms with Crippen molar-refractivity contribution >= 4 is 17.7 Å². The maximum Gasteiger partial charge on any atom is 0.307 e. The van der Waals surface area contributed by atoms with Crippen LogP contribution in [-0.2, 0) is 4.79 Å². The van der Waals surface area contributed by atoms with Crippen LogP contribution in [0.3, 0.4) is 0 Å². The van der Waals surface area contributed by atoms with Gasteiger partial charge >= 0.3 is 5.97 Å². The molecule has 0 fully saturated rings. The van der Waals surface area contributed by atoms with Gasteiger partial charge in [0, 0.05) is 5.25 Å². The molecule has 0 amide bonds. The second-order valence-corrected chi connectivity index (χ2v) is 4.90. The van der Waals surface area contributed by atoms with E-state index in [1.165, 1.54) is 19.3 Å². The van der Waals surface area contributed by atoms with Crippen molar-refractivity contribution in [3.8, 4) is 0 Å². The van der Waals surface area contributed by atoms with Crippen molar-refractivity contribution in [3.05, 3.63) is 0 Å². The van der Waals surface area contributed by atoms with Gasteiger partial charge in [0.05, 0.1) is 5.92 Å². The summed E-state index contributed by atoms with van der Waals surface area (Å²) < 4.78 is 0. The Morgan fingerprint density at radius 2 is 2.00 bits per heavy atom. The Labute approximate surface area is 85.1 Å². The summed E-state index contributed by atoms with van der Waals surface area (Å²) in [5.41, 5.74) is 0. The van der Waals surface area contributed by atoms with Crippen molar-refractivity contribution in [2.75, 3.05) is 5.75 Å². The molecule has 0 saturated carbocycles. The highest BCUT2D eigenvalue weighted by Crippen LogP contribution is 2.20. The molecule has 0 aliphatic carbocycles. The van der Waals surface area contributed by atoms with E-state index < -0.39 is 5.97 Å². The molecular formula is C10H20O2S. The monoisotopic (exact) mass is 204 g/mol. The molecule has 2 nitrogen and oxygen atoms in total. The predicted octanol–water partition coefficient (Wildman–Crippen LogP) is 3.02. The van der Waals surface area contributed by atoms with E-state index in [0.29, 0.717) is 0 Å². The second kappa shape index (κ2) is 7.25. The molecule has 78 valence electrons. The van der Waals surface area contributed by atoms with E-state index in [-0.39, 0.29) is 11.2 Å². The lowest BCUT2D eigenvalue weighted by atomic mass is 10.1. The Balaban J connectivity index is 3.50. The topological polar surface area (TPSA) is 37.3 Å². The van der Waals surface area contributed by atoms with Crippen LogP contribution in [0.1, 0.15) is 40.0 Å². The SMILES string of the molecule is CCCCCSC(C)C(C)C(=O)O. The molecule has 0 rings (SSSR count). The Hall–Kier alpha value is -0.180. The van der Waals surface area contributed by atoms with Crippen LogP contribution in [-0.4, -0.2) is 22.1 Å². The molecule has 1 N–H and O–H groups in total. The highest BCUT2D eigenvalue weighted by molar-refractivity contribution is 7.99. The first kappa shape index (κ1) is 12.8. The fourth-order valence-corrected chi connectivity index (χ4v) is 2.11. The number of carbonyl (C=O) groups is 1. The van der Waals surface area contributed by atoms with Gasteiger partial charge < -0.3 is 5.11 Å². The number of rotatable bonds is 7. The number of carboxylic acids is 1. The smallest absolute Gasteiger partial charge is 0.307 e. The van der Waals surface area contributed by atoms with E-state index in [1.807, 2.05) is 6.92 Å². The molecular weight excluding hydrogens is 184 g/mol. The van der Waals surface area contributed by atoms with Gasteiger partial charge in [0.2, 0.25) is 0 Å². The zero-order valence-electron chi connectivity index (χ0n) is 8.75. The summed E-state index contributed by atoms with van der Waals surface area (Å²) >= 11 is 1.77. The molecule has 0 aliphatic rings. The van der Waals surface area contributed by atoms with Crippen LogP contribution in [0.25, 0.3) is 0 Å². The fraction of sp³-hybridized carbons (Fsp3) is 0.900. The van der Waals surface area contributed by atoms with Gasteiger partial charge in [-0.2, -0.15) is 11.8 Å². The summed E-state index contributed by atoms with van der Waals surface area (Å²) in [5, 5.41) is 8.97. The fourth-order valence-electron chi connectivity index (χ4n) is 0.966. The van der Waals surface area contributed by atoms with Gasteiger partial charge in [0.1, 0.15) is 0 Å². The molecule has 2 atom stereocenters. The minimum Gasteiger partial charge on any atom is -0.481 e. The molecule has 0 aromatic heterocycles. The number of aliphatic carboxylic acids is 1. The lowest BCUT2D eigenvalue weighted by Crippen LogP contribution is -2.20. The molecule has 13 heavy (non-hydrogen) atoms. The van der Waals surface area contributed by atoms with Gasteiger partial charge in [-0.05, 0) is 12.2 Å². The van der Waals surface area contributed by atoms with Gasteiger partial charge in [-0.1, -0.05) is 33.6 Å². The first-order valence-corrected chi connectivity index (χ1v) is 5.98. The molecule has 0 aromatic rings. The van der Waals surface area contributed by atoms with E-state index in [2.05, 4.69) is 6.92 Å². The quantitative estimate of drug-likeness (QED) is 0.648. The first-order chi connectivity index (χ1) is 6.09. The predicted molar refractivity (Wildman–Crippen MR) is 58.2 cm³/mol. The van der Waals surface area contributed by atoms with Crippen LogP contribution in [0, 0.1) is 5.92 Å². The largest absolute Gasteiger partial charge is 0.481 e. The highest BCUT2D eigenvalue weighted by Gasteiger charge is 2.18. The van der Waals surface area contributed by atoms with E-state index in [4.69, 9.17) is 5.11 Å². The van der Waals surface area contributed by atoms with E-state index in [0.717, 1.165) is 5.75 Å². The zero-order valence-corrected chi connectivity index (χ0v) is 9.56. The van der Waals surface area contributed by atoms with Crippen molar-refractivity contribution in [1.82, 2.24) is 0 Å². The molecule has 0 aromatic carbocycles. The van der Waals surface area contributed by atoms with Crippen LogP contribution in [0.2, 0.25) is 0 Å². The van der Waals surface area contributed by atoms with Crippen LogP contribution in [0.5, 0.6) is 0 Å². The number of hydrogen-bond donors (Lipinski definition) is 1. The third-order valence-corrected chi connectivity index (χ3v) is 3.68. The van der Waals surface area contributed by atoms with E-state index >= 15 is 0 Å². The summed E-state index contributed by atoms with van der Waals surface area (Å²) in [6.45, 7) is 5.95. The Bertz CT molecular complexity index is 148. The minimum atomic E-state index is -0.685. The highest BCUT2D eigenvalue weighted by atomic mass is 32.2. The summed E-state index contributed by atoms with van der Waals surface area (Å²) in [6, 6.07) is 0. The van der Waals surface area contributed by atoms with Gasteiger partial charge in [0.25, 0.3) is 0 Å². The summed E-state index contributed by atoms with van der Waals surface area (Å²) in [5.74, 6) is 0.175. The molecule has 0 bridgehead atoms. The van der Waals surface area contributed by atoms with Gasteiger partial charge in [0.15, 0.2) is 0 Å². The van der Waals surface area contributed by atoms with Crippen LogP contribution < -0.4 is 0 Å². The van der Waals surface area contributed by atoms with Crippen molar-refractivity contribution < 1.29 is 9.90 Å². The van der Waals surface area contributed by atoms with Crippen LogP contribution >= 0.6 is 11.8 Å². The number of carboxylic acid groups (broad SMARTS) is 1. The number of unbranched alkanes of at least 4 members (excludes halogenated alkanes) is 2. The summed E-state index contributed by atoms with van der Waals surface area (Å²) in [4.78, 5) is 10.6. The molecule has 0 aliphatic heterocycles. The number of hydrogen-bond acceptors (Lipinski definition) is 2. The Kier molecular flexibility index (Phi) is 7.14. The lowest BCUT2D eigenvalue weighted by molar-refractivity contribution is -0.140. The van der Waals surface area contributed by atoms with Gasteiger partial charge in [-0.15, -0.1) is 0 Å². The lowest BCUT2D eigenvalue weighted by Gasteiger charge is -2.14. The van der Waals surface area contributed by atoms with Crippen LogP contribution in [0.4, 0.5) is 0 Å². The third kappa shape index (κ3) is 5.97. The molecule has 0 heterocycles. The van der Waals surface area contributed by atoms with Crippen molar-refractivity contribution in [2.45, 2.75) is 45.3 Å². The average molecular weight is 204 g/mol. The average Bonchev–Trinajstić information content (AvgIpc) is 2.10. The standard InChI is InChI=1S/C10H20O2S/c1-4-5-6-7-13-9(3)8(2)10(11)12/h8-9H,4-7H2,1-3H3,(H,11,12). The second-order valence-electron chi connectivity index (χ2n) is 3.41. The number of thioether (sulfide) groups is 1.